The molecule has 0 radical (unpaired) electrons. The minimum atomic E-state index is -0.0769. The van der Waals surface area contributed by atoms with Gasteiger partial charge >= 0.3 is 0 Å². The van der Waals surface area contributed by atoms with Gasteiger partial charge in [0.25, 0.3) is 5.56 Å². The van der Waals surface area contributed by atoms with Crippen molar-refractivity contribution in [2.45, 2.75) is 19.9 Å². The van der Waals surface area contributed by atoms with Crippen molar-refractivity contribution in [2.24, 2.45) is 0 Å². The second-order valence-corrected chi connectivity index (χ2v) is 4.49. The van der Waals surface area contributed by atoms with E-state index in [0.29, 0.717) is 13.2 Å². The van der Waals surface area contributed by atoms with E-state index in [1.807, 2.05) is 31.2 Å². The third-order valence-corrected chi connectivity index (χ3v) is 2.93. The van der Waals surface area contributed by atoms with E-state index in [9.17, 15) is 4.79 Å². The zero-order valence-corrected chi connectivity index (χ0v) is 11.3. The van der Waals surface area contributed by atoms with Crippen molar-refractivity contribution in [2.75, 3.05) is 13.7 Å². The highest BCUT2D eigenvalue weighted by Crippen LogP contribution is 2.15. The van der Waals surface area contributed by atoms with Gasteiger partial charge in [-0.05, 0) is 19.4 Å². The molecule has 4 heteroatoms. The number of methoxy groups -OCH3 is 1. The highest BCUT2D eigenvalue weighted by atomic mass is 16.5. The van der Waals surface area contributed by atoms with E-state index in [-0.39, 0.29) is 5.56 Å². The van der Waals surface area contributed by atoms with Crippen molar-refractivity contribution in [3.05, 3.63) is 52.3 Å². The maximum Gasteiger partial charge on any atom is 0.266 e. The third kappa shape index (κ3) is 3.51. The molecule has 0 fully saturated rings. The molecule has 1 aromatic heterocycles. The van der Waals surface area contributed by atoms with Crippen molar-refractivity contribution < 1.29 is 4.74 Å². The molecular weight excluding hydrogens is 240 g/mol. The average Bonchev–Trinajstić information content (AvgIpc) is 2.42. The van der Waals surface area contributed by atoms with E-state index in [1.165, 1.54) is 10.2 Å². The maximum atomic E-state index is 11.7. The molecule has 0 aliphatic carbocycles. The van der Waals surface area contributed by atoms with Crippen LogP contribution in [0.3, 0.4) is 0 Å². The summed E-state index contributed by atoms with van der Waals surface area (Å²) in [7, 11) is 1.65. The Morgan fingerprint density at radius 1 is 1.16 bits per heavy atom. The molecule has 1 aromatic carbocycles. The molecule has 0 unspecified atom stereocenters. The fraction of sp³-hybridized carbons (Fsp3) is 0.333. The number of hydrogen-bond acceptors (Lipinski definition) is 3. The standard InChI is InChI=1S/C15H18N2O2/c1-12-4-6-13(7-5-12)14-8-9-15(18)17(16-14)10-3-11-19-2/h4-9H,3,10-11H2,1-2H3. The first kappa shape index (κ1) is 13.5. The molecule has 19 heavy (non-hydrogen) atoms. The zero-order chi connectivity index (χ0) is 13.7. The van der Waals surface area contributed by atoms with Crippen LogP contribution < -0.4 is 5.56 Å². The SMILES string of the molecule is COCCCn1nc(-c2ccc(C)cc2)ccc1=O. The molecule has 4 nitrogen and oxygen atoms in total. The van der Waals surface area contributed by atoms with Gasteiger partial charge in [0.15, 0.2) is 0 Å². The Kier molecular flexibility index (Phi) is 4.47. The lowest BCUT2D eigenvalue weighted by Crippen LogP contribution is -2.22. The van der Waals surface area contributed by atoms with Crippen molar-refractivity contribution in [3.8, 4) is 11.3 Å². The quantitative estimate of drug-likeness (QED) is 0.773. The molecule has 100 valence electrons. The van der Waals surface area contributed by atoms with Crippen LogP contribution in [0.4, 0.5) is 0 Å². The van der Waals surface area contributed by atoms with Crippen LogP contribution >= 0.6 is 0 Å². The van der Waals surface area contributed by atoms with Crippen LogP contribution in [0.5, 0.6) is 0 Å². The highest BCUT2D eigenvalue weighted by molar-refractivity contribution is 5.58. The molecule has 0 bridgehead atoms. The first-order valence-corrected chi connectivity index (χ1v) is 6.35. The van der Waals surface area contributed by atoms with E-state index >= 15 is 0 Å². The van der Waals surface area contributed by atoms with E-state index in [0.717, 1.165) is 17.7 Å². The Hall–Kier alpha value is -1.94. The molecule has 2 rings (SSSR count). The summed E-state index contributed by atoms with van der Waals surface area (Å²) in [6.45, 7) is 3.25. The fourth-order valence-electron chi connectivity index (χ4n) is 1.85. The van der Waals surface area contributed by atoms with Crippen LogP contribution in [-0.4, -0.2) is 23.5 Å². The second kappa shape index (κ2) is 6.29. The first-order valence-electron chi connectivity index (χ1n) is 6.35. The largest absolute Gasteiger partial charge is 0.385 e. The van der Waals surface area contributed by atoms with Crippen LogP contribution in [-0.2, 0) is 11.3 Å². The molecule has 0 N–H and O–H groups in total. The molecule has 2 aromatic rings. The van der Waals surface area contributed by atoms with Gasteiger partial charge in [-0.2, -0.15) is 5.10 Å². The summed E-state index contributed by atoms with van der Waals surface area (Å²) in [5.74, 6) is 0. The Labute approximate surface area is 112 Å². The fourth-order valence-corrected chi connectivity index (χ4v) is 1.85. The van der Waals surface area contributed by atoms with E-state index in [2.05, 4.69) is 5.10 Å². The smallest absolute Gasteiger partial charge is 0.266 e. The third-order valence-electron chi connectivity index (χ3n) is 2.93. The molecule has 1 heterocycles. The number of ether oxygens (including phenoxy) is 1. The number of nitrogens with zero attached hydrogens (tertiary/aromatic N) is 2. The number of hydrogen-bond donors (Lipinski definition) is 0. The Balaban J connectivity index is 2.25. The van der Waals surface area contributed by atoms with E-state index in [4.69, 9.17) is 4.74 Å². The van der Waals surface area contributed by atoms with Gasteiger partial charge in [0, 0.05) is 31.9 Å². The number of aryl methyl sites for hydroxylation is 2. The van der Waals surface area contributed by atoms with Gasteiger partial charge in [0.1, 0.15) is 0 Å². The van der Waals surface area contributed by atoms with Crippen molar-refractivity contribution in [1.82, 2.24) is 9.78 Å². The summed E-state index contributed by atoms with van der Waals surface area (Å²) in [5, 5.41) is 4.39. The molecule has 0 amide bonds. The van der Waals surface area contributed by atoms with Crippen LogP contribution in [0.1, 0.15) is 12.0 Å². The molecule has 0 saturated carbocycles. The summed E-state index contributed by atoms with van der Waals surface area (Å²) in [4.78, 5) is 11.7. The van der Waals surface area contributed by atoms with Crippen LogP contribution in [0.2, 0.25) is 0 Å². The molecule has 0 saturated heterocycles. The van der Waals surface area contributed by atoms with Crippen LogP contribution in [0.15, 0.2) is 41.2 Å². The lowest BCUT2D eigenvalue weighted by atomic mass is 10.1. The van der Waals surface area contributed by atoms with Gasteiger partial charge in [-0.1, -0.05) is 29.8 Å². The predicted octanol–water partition coefficient (Wildman–Crippen LogP) is 2.26. The Morgan fingerprint density at radius 3 is 2.58 bits per heavy atom. The van der Waals surface area contributed by atoms with E-state index < -0.39 is 0 Å². The van der Waals surface area contributed by atoms with Gasteiger partial charge in [0.2, 0.25) is 0 Å². The summed E-state index contributed by atoms with van der Waals surface area (Å²) in [5.41, 5.74) is 2.97. The summed E-state index contributed by atoms with van der Waals surface area (Å²) in [6.07, 6.45) is 0.779. The Morgan fingerprint density at radius 2 is 1.89 bits per heavy atom. The summed E-state index contributed by atoms with van der Waals surface area (Å²) < 4.78 is 6.48. The van der Waals surface area contributed by atoms with Gasteiger partial charge < -0.3 is 4.74 Å². The lowest BCUT2D eigenvalue weighted by Gasteiger charge is -2.07. The lowest BCUT2D eigenvalue weighted by molar-refractivity contribution is 0.188. The molecular formula is C15H18N2O2. The topological polar surface area (TPSA) is 44.1 Å². The van der Waals surface area contributed by atoms with Gasteiger partial charge in [-0.3, -0.25) is 4.79 Å². The number of benzene rings is 1. The van der Waals surface area contributed by atoms with Crippen molar-refractivity contribution >= 4 is 0 Å². The summed E-state index contributed by atoms with van der Waals surface area (Å²) >= 11 is 0. The van der Waals surface area contributed by atoms with E-state index in [1.54, 1.807) is 19.2 Å². The predicted molar refractivity (Wildman–Crippen MR) is 75.2 cm³/mol. The maximum absolute atomic E-state index is 11.7. The minimum absolute atomic E-state index is 0.0769. The summed E-state index contributed by atoms with van der Waals surface area (Å²) in [6, 6.07) is 11.4. The normalized spacial score (nSPS) is 10.6. The monoisotopic (exact) mass is 258 g/mol. The minimum Gasteiger partial charge on any atom is -0.385 e. The molecule has 0 spiro atoms. The number of aromatic nitrogens is 2. The molecule has 0 aliphatic heterocycles. The van der Waals surface area contributed by atoms with Crippen molar-refractivity contribution in [3.63, 3.8) is 0 Å². The van der Waals surface area contributed by atoms with Gasteiger partial charge in [-0.25, -0.2) is 4.68 Å². The van der Waals surface area contributed by atoms with Crippen LogP contribution in [0, 0.1) is 6.92 Å². The number of rotatable bonds is 5. The van der Waals surface area contributed by atoms with Gasteiger partial charge in [-0.15, -0.1) is 0 Å². The van der Waals surface area contributed by atoms with Gasteiger partial charge in [0.05, 0.1) is 5.69 Å². The molecule has 0 aliphatic rings. The zero-order valence-electron chi connectivity index (χ0n) is 11.3. The second-order valence-electron chi connectivity index (χ2n) is 4.49. The average molecular weight is 258 g/mol. The Bertz CT molecular complexity index is 588. The highest BCUT2D eigenvalue weighted by Gasteiger charge is 2.03. The van der Waals surface area contributed by atoms with Crippen LogP contribution in [0.25, 0.3) is 11.3 Å². The van der Waals surface area contributed by atoms with Crippen molar-refractivity contribution in [1.29, 1.82) is 0 Å². The molecule has 0 atom stereocenters. The first-order chi connectivity index (χ1) is 9.20.